The monoisotopic (exact) mass is 288 g/mol. The van der Waals surface area contributed by atoms with Gasteiger partial charge in [0.1, 0.15) is 5.82 Å². The first-order chi connectivity index (χ1) is 10.0. The van der Waals surface area contributed by atoms with Crippen LogP contribution >= 0.6 is 0 Å². The van der Waals surface area contributed by atoms with Gasteiger partial charge in [-0.15, -0.1) is 0 Å². The van der Waals surface area contributed by atoms with Crippen LogP contribution in [-0.2, 0) is 6.54 Å². The molecule has 3 heterocycles. The van der Waals surface area contributed by atoms with E-state index in [1.165, 1.54) is 4.57 Å². The molecule has 3 rings (SSSR count). The van der Waals surface area contributed by atoms with E-state index in [9.17, 15) is 9.59 Å². The molecule has 8 heteroatoms. The Hall–Kier alpha value is -2.64. The lowest BCUT2D eigenvalue weighted by atomic mass is 10.3. The van der Waals surface area contributed by atoms with Crippen molar-refractivity contribution < 1.29 is 0 Å². The second kappa shape index (κ2) is 4.72. The first kappa shape index (κ1) is 13.3. The number of imidazole rings is 1. The van der Waals surface area contributed by atoms with E-state index in [2.05, 4.69) is 20.2 Å². The Kier molecular flexibility index (Phi) is 3.00. The van der Waals surface area contributed by atoms with E-state index in [1.807, 2.05) is 25.3 Å². The highest BCUT2D eigenvalue weighted by atomic mass is 16.2. The summed E-state index contributed by atoms with van der Waals surface area (Å²) in [6.45, 7) is 6.20. The van der Waals surface area contributed by atoms with Gasteiger partial charge in [-0.2, -0.15) is 5.10 Å². The van der Waals surface area contributed by atoms with Crippen molar-refractivity contribution in [1.82, 2.24) is 29.3 Å². The summed E-state index contributed by atoms with van der Waals surface area (Å²) in [6.07, 6.45) is 3.35. The van der Waals surface area contributed by atoms with Crippen molar-refractivity contribution in [2.45, 2.75) is 33.4 Å². The molecule has 110 valence electrons. The van der Waals surface area contributed by atoms with E-state index in [1.54, 1.807) is 12.4 Å². The molecule has 3 aromatic heterocycles. The van der Waals surface area contributed by atoms with E-state index in [0.29, 0.717) is 23.5 Å². The predicted octanol–water partition coefficient (Wildman–Crippen LogP) is 0.877. The van der Waals surface area contributed by atoms with Crippen LogP contribution in [-0.4, -0.2) is 29.3 Å². The van der Waals surface area contributed by atoms with Crippen LogP contribution in [0, 0.1) is 0 Å². The Bertz CT molecular complexity index is 897. The molecule has 21 heavy (non-hydrogen) atoms. The number of rotatable bonds is 3. The minimum absolute atomic E-state index is 0.0174. The molecule has 3 aromatic rings. The first-order valence-electron chi connectivity index (χ1n) is 6.78. The second-order valence-corrected chi connectivity index (χ2v) is 5.06. The summed E-state index contributed by atoms with van der Waals surface area (Å²) in [5, 5.41) is 6.65. The van der Waals surface area contributed by atoms with Gasteiger partial charge in [-0.1, -0.05) is 0 Å². The van der Waals surface area contributed by atoms with Gasteiger partial charge in [-0.25, -0.2) is 9.78 Å². The molecule has 8 nitrogen and oxygen atoms in total. The van der Waals surface area contributed by atoms with Crippen LogP contribution < -0.4 is 11.2 Å². The largest absolute Gasteiger partial charge is 0.330 e. The topological polar surface area (TPSA) is 101 Å². The van der Waals surface area contributed by atoms with E-state index >= 15 is 0 Å². The van der Waals surface area contributed by atoms with Crippen LogP contribution in [0.2, 0.25) is 0 Å². The van der Waals surface area contributed by atoms with Crippen LogP contribution in [0.1, 0.15) is 26.8 Å². The normalized spacial score (nSPS) is 11.6. The van der Waals surface area contributed by atoms with Gasteiger partial charge in [-0.3, -0.25) is 19.4 Å². The van der Waals surface area contributed by atoms with Gasteiger partial charge in [-0.05, 0) is 20.8 Å². The Balaban J connectivity index is 2.51. The Morgan fingerprint density at radius 3 is 2.67 bits per heavy atom. The molecule has 0 aliphatic carbocycles. The number of aryl methyl sites for hydroxylation is 1. The third-order valence-corrected chi connectivity index (χ3v) is 3.42. The van der Waals surface area contributed by atoms with Crippen LogP contribution in [0.5, 0.6) is 0 Å². The maximum Gasteiger partial charge on any atom is 0.330 e. The van der Waals surface area contributed by atoms with Crippen molar-refractivity contribution in [1.29, 1.82) is 0 Å². The Labute approximate surface area is 119 Å². The van der Waals surface area contributed by atoms with Crippen LogP contribution in [0.4, 0.5) is 0 Å². The summed E-state index contributed by atoms with van der Waals surface area (Å²) in [5.41, 5.74) is 0.714. The maximum absolute atomic E-state index is 12.2. The fourth-order valence-electron chi connectivity index (χ4n) is 2.51. The van der Waals surface area contributed by atoms with Gasteiger partial charge in [0, 0.05) is 18.8 Å². The van der Waals surface area contributed by atoms with Gasteiger partial charge in [0.05, 0.1) is 11.8 Å². The summed E-state index contributed by atoms with van der Waals surface area (Å²) in [5.74, 6) is 0.618. The average molecular weight is 288 g/mol. The number of nitrogens with one attached hydrogen (secondary N) is 2. The molecule has 0 spiro atoms. The third-order valence-electron chi connectivity index (χ3n) is 3.42. The number of nitrogens with zero attached hydrogens (tertiary/aromatic N) is 4. The zero-order chi connectivity index (χ0) is 15.1. The van der Waals surface area contributed by atoms with Crippen molar-refractivity contribution in [2.24, 2.45) is 0 Å². The molecule has 0 fully saturated rings. The average Bonchev–Trinajstić information content (AvgIpc) is 3.05. The molecule has 2 N–H and O–H groups in total. The molecule has 0 saturated heterocycles. The molecule has 0 saturated carbocycles. The summed E-state index contributed by atoms with van der Waals surface area (Å²) >= 11 is 0. The third kappa shape index (κ3) is 1.91. The lowest BCUT2D eigenvalue weighted by Crippen LogP contribution is -2.30. The second-order valence-electron chi connectivity index (χ2n) is 5.06. The standard InChI is InChI=1S/C13H16N6O2/c1-4-18-11-9(12(20)17-13(18)21)19(7(2)3)10(16-11)8-5-14-15-6-8/h5-7H,4H2,1-3H3,(H,14,15)(H,17,20,21). The summed E-state index contributed by atoms with van der Waals surface area (Å²) in [4.78, 5) is 31.0. The molecule has 0 aliphatic heterocycles. The number of aromatic amines is 2. The fourth-order valence-corrected chi connectivity index (χ4v) is 2.51. The number of fused-ring (bicyclic) bond motifs is 1. The van der Waals surface area contributed by atoms with E-state index in [-0.39, 0.29) is 6.04 Å². The minimum atomic E-state index is -0.442. The molecule has 0 unspecified atom stereocenters. The number of aromatic nitrogens is 6. The van der Waals surface area contributed by atoms with Crippen molar-refractivity contribution in [3.63, 3.8) is 0 Å². The van der Waals surface area contributed by atoms with Gasteiger partial charge < -0.3 is 4.57 Å². The summed E-state index contributed by atoms with van der Waals surface area (Å²) < 4.78 is 3.28. The van der Waals surface area contributed by atoms with Crippen molar-refractivity contribution in [3.05, 3.63) is 33.2 Å². The summed E-state index contributed by atoms with van der Waals surface area (Å²) in [7, 11) is 0. The van der Waals surface area contributed by atoms with Gasteiger partial charge in [0.25, 0.3) is 5.56 Å². The SMILES string of the molecule is CCn1c(=O)[nH]c(=O)c2c1nc(-c1cn[nH]c1)n2C(C)C. The van der Waals surface area contributed by atoms with E-state index in [4.69, 9.17) is 0 Å². The predicted molar refractivity (Wildman–Crippen MR) is 78.3 cm³/mol. The molecular weight excluding hydrogens is 272 g/mol. The first-order valence-corrected chi connectivity index (χ1v) is 6.78. The van der Waals surface area contributed by atoms with Crippen LogP contribution in [0.3, 0.4) is 0 Å². The molecule has 0 radical (unpaired) electrons. The molecular formula is C13H16N6O2. The van der Waals surface area contributed by atoms with Crippen molar-refractivity contribution >= 4 is 11.2 Å². The number of H-pyrrole nitrogens is 2. The lowest BCUT2D eigenvalue weighted by Gasteiger charge is -2.11. The molecule has 0 aromatic carbocycles. The zero-order valence-electron chi connectivity index (χ0n) is 12.0. The van der Waals surface area contributed by atoms with Crippen LogP contribution in [0.15, 0.2) is 22.0 Å². The van der Waals surface area contributed by atoms with Gasteiger partial charge in [0.2, 0.25) is 0 Å². The minimum Gasteiger partial charge on any atom is -0.315 e. The lowest BCUT2D eigenvalue weighted by molar-refractivity contribution is 0.621. The van der Waals surface area contributed by atoms with E-state index < -0.39 is 11.2 Å². The smallest absolute Gasteiger partial charge is 0.315 e. The highest BCUT2D eigenvalue weighted by Crippen LogP contribution is 2.25. The fraction of sp³-hybridized carbons (Fsp3) is 0.385. The summed E-state index contributed by atoms with van der Waals surface area (Å²) in [6, 6.07) is 0.0174. The molecule has 0 atom stereocenters. The Morgan fingerprint density at radius 2 is 2.10 bits per heavy atom. The van der Waals surface area contributed by atoms with Crippen molar-refractivity contribution in [3.8, 4) is 11.4 Å². The highest BCUT2D eigenvalue weighted by molar-refractivity contribution is 5.76. The highest BCUT2D eigenvalue weighted by Gasteiger charge is 2.21. The molecule has 0 bridgehead atoms. The quantitative estimate of drug-likeness (QED) is 0.746. The van der Waals surface area contributed by atoms with Gasteiger partial charge >= 0.3 is 5.69 Å². The van der Waals surface area contributed by atoms with E-state index in [0.717, 1.165) is 5.56 Å². The van der Waals surface area contributed by atoms with Crippen LogP contribution in [0.25, 0.3) is 22.6 Å². The number of hydrogen-bond donors (Lipinski definition) is 2. The maximum atomic E-state index is 12.2. The zero-order valence-corrected chi connectivity index (χ0v) is 12.0. The molecule has 0 aliphatic rings. The Morgan fingerprint density at radius 1 is 1.33 bits per heavy atom. The van der Waals surface area contributed by atoms with Gasteiger partial charge in [0.15, 0.2) is 11.2 Å². The number of hydrogen-bond acceptors (Lipinski definition) is 4. The molecule has 0 amide bonds. The van der Waals surface area contributed by atoms with Crippen molar-refractivity contribution in [2.75, 3.05) is 0 Å².